The van der Waals surface area contributed by atoms with Gasteiger partial charge in [-0.3, -0.25) is 9.78 Å². The van der Waals surface area contributed by atoms with Gasteiger partial charge in [0.1, 0.15) is 10.8 Å². The average Bonchev–Trinajstić information content (AvgIpc) is 2.48. The van der Waals surface area contributed by atoms with Gasteiger partial charge in [0.05, 0.1) is 5.02 Å². The van der Waals surface area contributed by atoms with E-state index in [1.807, 2.05) is 12.1 Å². The second-order valence-electron chi connectivity index (χ2n) is 4.55. The van der Waals surface area contributed by atoms with E-state index in [1.54, 1.807) is 23.2 Å². The first-order valence-electron chi connectivity index (χ1n) is 6.19. The second-order valence-corrected chi connectivity index (χ2v) is 5.34. The maximum absolute atomic E-state index is 12.5. The number of fused-ring (bicyclic) bond motifs is 1. The largest absolute Gasteiger partial charge is 0.332 e. The lowest BCUT2D eigenvalue weighted by molar-refractivity contribution is 0.0728. The Balaban J connectivity index is 1.88. The lowest BCUT2D eigenvalue weighted by Crippen LogP contribution is -2.36. The van der Waals surface area contributed by atoms with Gasteiger partial charge in [-0.2, -0.15) is 0 Å². The van der Waals surface area contributed by atoms with Crippen molar-refractivity contribution in [2.45, 2.75) is 13.0 Å². The Labute approximate surface area is 126 Å². The first-order valence-corrected chi connectivity index (χ1v) is 6.95. The highest BCUT2D eigenvalue weighted by atomic mass is 35.5. The van der Waals surface area contributed by atoms with Gasteiger partial charge in [0, 0.05) is 31.4 Å². The number of nitrogens with zero attached hydrogens (tertiary/aromatic N) is 3. The lowest BCUT2D eigenvalue weighted by Gasteiger charge is -2.28. The Kier molecular flexibility index (Phi) is 3.59. The van der Waals surface area contributed by atoms with Crippen LogP contribution in [0.25, 0.3) is 0 Å². The summed E-state index contributed by atoms with van der Waals surface area (Å²) in [6, 6.07) is 7.01. The molecule has 0 saturated heterocycles. The molecule has 102 valence electrons. The normalized spacial score (nSPS) is 14.0. The molecule has 4 nitrogen and oxygen atoms in total. The van der Waals surface area contributed by atoms with Crippen molar-refractivity contribution in [2.24, 2.45) is 0 Å². The summed E-state index contributed by atoms with van der Waals surface area (Å²) in [6.07, 6.45) is 2.51. The van der Waals surface area contributed by atoms with Crippen molar-refractivity contribution in [1.82, 2.24) is 14.9 Å². The molecule has 0 saturated carbocycles. The molecule has 6 heteroatoms. The Morgan fingerprint density at radius 2 is 2.10 bits per heavy atom. The van der Waals surface area contributed by atoms with Gasteiger partial charge >= 0.3 is 0 Å². The van der Waals surface area contributed by atoms with E-state index in [0.717, 1.165) is 17.7 Å². The molecule has 0 aliphatic carbocycles. The number of carbonyl (C=O) groups is 1. The van der Waals surface area contributed by atoms with Crippen molar-refractivity contribution in [3.8, 4) is 0 Å². The number of carbonyl (C=O) groups excluding carboxylic acids is 1. The smallest absolute Gasteiger partial charge is 0.274 e. The van der Waals surface area contributed by atoms with Crippen LogP contribution in [0.4, 0.5) is 0 Å². The number of halogens is 2. The van der Waals surface area contributed by atoms with Crippen LogP contribution in [0.15, 0.2) is 30.5 Å². The fourth-order valence-corrected chi connectivity index (χ4v) is 2.59. The Morgan fingerprint density at radius 1 is 1.25 bits per heavy atom. The number of aromatic nitrogens is 2. The zero-order chi connectivity index (χ0) is 14.1. The quantitative estimate of drug-likeness (QED) is 0.761. The molecule has 0 radical (unpaired) electrons. The number of rotatable bonds is 1. The van der Waals surface area contributed by atoms with Crippen LogP contribution in [0.1, 0.15) is 21.7 Å². The zero-order valence-corrected chi connectivity index (χ0v) is 12.0. The van der Waals surface area contributed by atoms with Crippen LogP contribution in [-0.2, 0) is 13.0 Å². The molecule has 0 aromatic carbocycles. The minimum absolute atomic E-state index is 0.200. The van der Waals surface area contributed by atoms with Gasteiger partial charge in [-0.05, 0) is 23.8 Å². The van der Waals surface area contributed by atoms with Gasteiger partial charge in [0.25, 0.3) is 5.91 Å². The van der Waals surface area contributed by atoms with Crippen molar-refractivity contribution < 1.29 is 4.79 Å². The molecule has 2 aromatic heterocycles. The van der Waals surface area contributed by atoms with Gasteiger partial charge in [0.15, 0.2) is 0 Å². The summed E-state index contributed by atoms with van der Waals surface area (Å²) in [7, 11) is 0. The van der Waals surface area contributed by atoms with E-state index >= 15 is 0 Å². The summed E-state index contributed by atoms with van der Waals surface area (Å²) in [4.78, 5) is 22.5. The predicted octanol–water partition coefficient (Wildman–Crippen LogP) is 2.98. The average molecular weight is 308 g/mol. The van der Waals surface area contributed by atoms with Gasteiger partial charge in [-0.1, -0.05) is 29.3 Å². The highest BCUT2D eigenvalue weighted by molar-refractivity contribution is 6.34. The molecule has 0 fully saturated rings. The fourth-order valence-electron chi connectivity index (χ4n) is 2.26. The summed E-state index contributed by atoms with van der Waals surface area (Å²) >= 11 is 11.9. The standard InChI is InChI=1S/C14H11Cl2N3O/c15-10-3-4-12(16)18-13(10)14(20)19-7-5-11-9(8-19)2-1-6-17-11/h1-4,6H,5,7-8H2. The van der Waals surface area contributed by atoms with Gasteiger partial charge in [-0.15, -0.1) is 0 Å². The van der Waals surface area contributed by atoms with E-state index in [4.69, 9.17) is 23.2 Å². The van der Waals surface area contributed by atoms with Crippen LogP contribution >= 0.6 is 23.2 Å². The van der Waals surface area contributed by atoms with Crippen LogP contribution < -0.4 is 0 Å². The van der Waals surface area contributed by atoms with E-state index in [-0.39, 0.29) is 16.8 Å². The second kappa shape index (κ2) is 5.38. The molecule has 0 unspecified atom stereocenters. The minimum Gasteiger partial charge on any atom is -0.332 e. The molecule has 0 bridgehead atoms. The summed E-state index contributed by atoms with van der Waals surface area (Å²) in [5, 5.41) is 0.577. The first kappa shape index (κ1) is 13.3. The van der Waals surface area contributed by atoms with Crippen molar-refractivity contribution in [1.29, 1.82) is 0 Å². The van der Waals surface area contributed by atoms with Gasteiger partial charge in [-0.25, -0.2) is 4.98 Å². The molecule has 0 atom stereocenters. The molecule has 0 N–H and O–H groups in total. The third kappa shape index (κ3) is 2.49. The van der Waals surface area contributed by atoms with Crippen LogP contribution in [0, 0.1) is 0 Å². The molecule has 20 heavy (non-hydrogen) atoms. The molecular formula is C14H11Cl2N3O. The molecule has 3 rings (SSSR count). The van der Waals surface area contributed by atoms with Crippen molar-refractivity contribution in [3.05, 3.63) is 57.6 Å². The highest BCUT2D eigenvalue weighted by Crippen LogP contribution is 2.22. The first-order chi connectivity index (χ1) is 9.65. The summed E-state index contributed by atoms with van der Waals surface area (Å²) in [6.45, 7) is 1.12. The maximum atomic E-state index is 12.5. The molecule has 1 aliphatic heterocycles. The minimum atomic E-state index is -0.202. The predicted molar refractivity (Wildman–Crippen MR) is 76.9 cm³/mol. The monoisotopic (exact) mass is 307 g/mol. The third-order valence-electron chi connectivity index (χ3n) is 3.27. The summed E-state index contributed by atoms with van der Waals surface area (Å²) in [5.74, 6) is -0.202. The molecule has 0 spiro atoms. The van der Waals surface area contributed by atoms with Crippen molar-refractivity contribution >= 4 is 29.1 Å². The fraction of sp³-hybridized carbons (Fsp3) is 0.214. The number of hydrogen-bond donors (Lipinski definition) is 0. The number of pyridine rings is 2. The van der Waals surface area contributed by atoms with Crippen LogP contribution in [0.3, 0.4) is 0 Å². The van der Waals surface area contributed by atoms with Crippen LogP contribution in [0.2, 0.25) is 10.2 Å². The van der Waals surface area contributed by atoms with E-state index in [9.17, 15) is 4.79 Å². The van der Waals surface area contributed by atoms with Gasteiger partial charge in [0.2, 0.25) is 0 Å². The molecule has 3 heterocycles. The van der Waals surface area contributed by atoms with E-state index in [1.165, 1.54) is 0 Å². The maximum Gasteiger partial charge on any atom is 0.274 e. The number of amides is 1. The van der Waals surface area contributed by atoms with E-state index in [2.05, 4.69) is 9.97 Å². The molecule has 1 amide bonds. The Morgan fingerprint density at radius 3 is 2.95 bits per heavy atom. The van der Waals surface area contributed by atoms with Crippen molar-refractivity contribution in [2.75, 3.05) is 6.54 Å². The molecule has 1 aliphatic rings. The zero-order valence-electron chi connectivity index (χ0n) is 10.5. The van der Waals surface area contributed by atoms with Crippen molar-refractivity contribution in [3.63, 3.8) is 0 Å². The van der Waals surface area contributed by atoms with Crippen LogP contribution in [0.5, 0.6) is 0 Å². The summed E-state index contributed by atoms with van der Waals surface area (Å²) < 4.78 is 0. The highest BCUT2D eigenvalue weighted by Gasteiger charge is 2.24. The van der Waals surface area contributed by atoms with Crippen LogP contribution in [-0.4, -0.2) is 27.3 Å². The number of hydrogen-bond acceptors (Lipinski definition) is 3. The molecule has 2 aromatic rings. The Bertz CT molecular complexity index is 675. The lowest BCUT2D eigenvalue weighted by atomic mass is 10.1. The third-order valence-corrected chi connectivity index (χ3v) is 3.78. The Hall–Kier alpha value is -1.65. The molecular weight excluding hydrogens is 297 g/mol. The van der Waals surface area contributed by atoms with E-state index < -0.39 is 0 Å². The SMILES string of the molecule is O=C(c1nc(Cl)ccc1Cl)N1CCc2ncccc2C1. The topological polar surface area (TPSA) is 46.1 Å². The summed E-state index contributed by atoms with van der Waals surface area (Å²) in [5.41, 5.74) is 2.30. The van der Waals surface area contributed by atoms with Gasteiger partial charge < -0.3 is 4.90 Å². The van der Waals surface area contributed by atoms with E-state index in [0.29, 0.717) is 18.1 Å².